The molecule has 0 radical (unpaired) electrons. The number of amides is 2. The molecule has 7 nitrogen and oxygen atoms in total. The summed E-state index contributed by atoms with van der Waals surface area (Å²) >= 11 is 0. The Morgan fingerprint density at radius 1 is 1.07 bits per heavy atom. The molecule has 0 spiro atoms. The van der Waals surface area contributed by atoms with E-state index in [0.717, 1.165) is 42.2 Å². The average Bonchev–Trinajstić information content (AvgIpc) is 2.70. The van der Waals surface area contributed by atoms with Crippen molar-refractivity contribution in [2.24, 2.45) is 5.92 Å². The van der Waals surface area contributed by atoms with E-state index in [2.05, 4.69) is 0 Å². The van der Waals surface area contributed by atoms with Crippen molar-refractivity contribution in [1.82, 2.24) is 19.8 Å². The van der Waals surface area contributed by atoms with Gasteiger partial charge < -0.3 is 14.5 Å². The quantitative estimate of drug-likeness (QED) is 0.787. The van der Waals surface area contributed by atoms with Crippen LogP contribution in [0.3, 0.4) is 0 Å². The number of carbonyl (C=O) groups excluding carboxylic acids is 2. The SMILES string of the molecule is Cc1nc(C2CCCN(C(=O)C(C)C)C2)nc(C)c1CC(=O)N1CCOCC1. The lowest BCUT2D eigenvalue weighted by molar-refractivity contribution is -0.136. The molecule has 1 aromatic rings. The molecule has 0 N–H and O–H groups in total. The molecule has 0 aromatic carbocycles. The number of rotatable bonds is 4. The first-order chi connectivity index (χ1) is 13.4. The third-order valence-corrected chi connectivity index (χ3v) is 5.72. The molecule has 2 aliphatic heterocycles. The van der Waals surface area contributed by atoms with Gasteiger partial charge in [0.05, 0.1) is 19.6 Å². The van der Waals surface area contributed by atoms with Crippen molar-refractivity contribution in [3.63, 3.8) is 0 Å². The number of piperidine rings is 1. The second-order valence-electron chi connectivity index (χ2n) is 8.18. The molecule has 0 saturated carbocycles. The Morgan fingerprint density at radius 3 is 2.32 bits per heavy atom. The fourth-order valence-electron chi connectivity index (χ4n) is 4.03. The van der Waals surface area contributed by atoms with Gasteiger partial charge in [-0.2, -0.15) is 0 Å². The first-order valence-electron chi connectivity index (χ1n) is 10.3. The highest BCUT2D eigenvalue weighted by Gasteiger charge is 2.28. The summed E-state index contributed by atoms with van der Waals surface area (Å²) in [6, 6.07) is 0. The molecular weight excluding hydrogens is 356 g/mol. The number of carbonyl (C=O) groups is 2. The summed E-state index contributed by atoms with van der Waals surface area (Å²) in [5, 5.41) is 0. The molecule has 2 saturated heterocycles. The zero-order chi connectivity index (χ0) is 20.3. The van der Waals surface area contributed by atoms with Gasteiger partial charge in [-0.25, -0.2) is 9.97 Å². The Kier molecular flexibility index (Phi) is 6.65. The Labute approximate surface area is 167 Å². The summed E-state index contributed by atoms with van der Waals surface area (Å²) in [5.41, 5.74) is 2.67. The predicted molar refractivity (Wildman–Crippen MR) is 106 cm³/mol. The molecule has 2 aliphatic rings. The molecule has 0 aliphatic carbocycles. The molecule has 1 atom stereocenters. The number of aryl methyl sites for hydroxylation is 2. The van der Waals surface area contributed by atoms with Gasteiger partial charge in [-0.05, 0) is 26.7 Å². The zero-order valence-corrected chi connectivity index (χ0v) is 17.5. The maximum Gasteiger partial charge on any atom is 0.227 e. The van der Waals surface area contributed by atoms with E-state index in [4.69, 9.17) is 14.7 Å². The summed E-state index contributed by atoms with van der Waals surface area (Å²) in [4.78, 5) is 38.3. The number of ether oxygens (including phenoxy) is 1. The number of hydrogen-bond acceptors (Lipinski definition) is 5. The van der Waals surface area contributed by atoms with Crippen molar-refractivity contribution in [3.8, 4) is 0 Å². The Morgan fingerprint density at radius 2 is 1.71 bits per heavy atom. The Balaban J connectivity index is 1.72. The van der Waals surface area contributed by atoms with E-state index in [1.807, 2.05) is 37.5 Å². The van der Waals surface area contributed by atoms with E-state index in [9.17, 15) is 9.59 Å². The molecule has 28 heavy (non-hydrogen) atoms. The van der Waals surface area contributed by atoms with Crippen LogP contribution in [0.4, 0.5) is 0 Å². The fourth-order valence-corrected chi connectivity index (χ4v) is 4.03. The number of likely N-dealkylation sites (tertiary alicyclic amines) is 1. The van der Waals surface area contributed by atoms with Crippen LogP contribution in [-0.4, -0.2) is 71.0 Å². The molecule has 3 rings (SSSR count). The van der Waals surface area contributed by atoms with Crippen LogP contribution in [0.2, 0.25) is 0 Å². The molecule has 7 heteroatoms. The molecule has 3 heterocycles. The maximum atomic E-state index is 12.6. The van der Waals surface area contributed by atoms with Crippen LogP contribution >= 0.6 is 0 Å². The number of aromatic nitrogens is 2. The minimum Gasteiger partial charge on any atom is -0.378 e. The van der Waals surface area contributed by atoms with E-state index in [0.29, 0.717) is 39.3 Å². The number of morpholine rings is 1. The van der Waals surface area contributed by atoms with Crippen molar-refractivity contribution in [2.45, 2.75) is 52.9 Å². The van der Waals surface area contributed by atoms with Crippen molar-refractivity contribution in [1.29, 1.82) is 0 Å². The smallest absolute Gasteiger partial charge is 0.227 e. The Bertz CT molecular complexity index is 705. The first kappa shape index (κ1) is 20.7. The van der Waals surface area contributed by atoms with E-state index in [-0.39, 0.29) is 23.7 Å². The summed E-state index contributed by atoms with van der Waals surface area (Å²) in [7, 11) is 0. The van der Waals surface area contributed by atoms with Gasteiger partial charge in [0.2, 0.25) is 11.8 Å². The first-order valence-corrected chi connectivity index (χ1v) is 10.3. The van der Waals surface area contributed by atoms with Crippen LogP contribution in [0.1, 0.15) is 55.4 Å². The summed E-state index contributed by atoms with van der Waals surface area (Å²) < 4.78 is 5.32. The van der Waals surface area contributed by atoms with Crippen LogP contribution in [0.5, 0.6) is 0 Å². The van der Waals surface area contributed by atoms with Crippen LogP contribution in [0, 0.1) is 19.8 Å². The van der Waals surface area contributed by atoms with Crippen molar-refractivity contribution < 1.29 is 14.3 Å². The molecule has 2 amide bonds. The van der Waals surface area contributed by atoms with E-state index in [1.165, 1.54) is 0 Å². The number of hydrogen-bond donors (Lipinski definition) is 0. The van der Waals surface area contributed by atoms with Gasteiger partial charge in [0, 0.05) is 55.0 Å². The normalized spacial score (nSPS) is 20.5. The monoisotopic (exact) mass is 388 g/mol. The van der Waals surface area contributed by atoms with Gasteiger partial charge >= 0.3 is 0 Å². The van der Waals surface area contributed by atoms with Gasteiger partial charge in [-0.1, -0.05) is 13.8 Å². The summed E-state index contributed by atoms with van der Waals surface area (Å²) in [5.74, 6) is 1.29. The standard InChI is InChI=1S/C21H32N4O3/c1-14(2)21(27)25-7-5-6-17(13-25)20-22-15(3)18(16(4)23-20)12-19(26)24-8-10-28-11-9-24/h14,17H,5-13H2,1-4H3. The van der Waals surface area contributed by atoms with E-state index < -0.39 is 0 Å². The van der Waals surface area contributed by atoms with E-state index >= 15 is 0 Å². The maximum absolute atomic E-state index is 12.6. The molecular formula is C21H32N4O3. The highest BCUT2D eigenvalue weighted by molar-refractivity contribution is 5.79. The van der Waals surface area contributed by atoms with Crippen LogP contribution in [0.25, 0.3) is 0 Å². The molecule has 1 aromatic heterocycles. The van der Waals surface area contributed by atoms with Gasteiger partial charge in [-0.3, -0.25) is 9.59 Å². The summed E-state index contributed by atoms with van der Waals surface area (Å²) in [6.45, 7) is 11.8. The van der Waals surface area contributed by atoms with Gasteiger partial charge in [-0.15, -0.1) is 0 Å². The van der Waals surface area contributed by atoms with Gasteiger partial charge in [0.15, 0.2) is 0 Å². The highest BCUT2D eigenvalue weighted by atomic mass is 16.5. The summed E-state index contributed by atoms with van der Waals surface area (Å²) in [6.07, 6.45) is 2.30. The molecule has 1 unspecified atom stereocenters. The molecule has 154 valence electrons. The topological polar surface area (TPSA) is 75.6 Å². The van der Waals surface area contributed by atoms with E-state index in [1.54, 1.807) is 0 Å². The van der Waals surface area contributed by atoms with Gasteiger partial charge in [0.25, 0.3) is 0 Å². The van der Waals surface area contributed by atoms with Crippen molar-refractivity contribution in [2.75, 3.05) is 39.4 Å². The van der Waals surface area contributed by atoms with Crippen LogP contribution < -0.4 is 0 Å². The lowest BCUT2D eigenvalue weighted by Gasteiger charge is -2.33. The molecule has 2 fully saturated rings. The van der Waals surface area contributed by atoms with Crippen LogP contribution in [-0.2, 0) is 20.7 Å². The largest absolute Gasteiger partial charge is 0.378 e. The third-order valence-electron chi connectivity index (χ3n) is 5.72. The predicted octanol–water partition coefficient (Wildman–Crippen LogP) is 1.86. The van der Waals surface area contributed by atoms with Gasteiger partial charge in [0.1, 0.15) is 5.82 Å². The number of nitrogens with zero attached hydrogens (tertiary/aromatic N) is 4. The minimum atomic E-state index is 0.0108. The average molecular weight is 389 g/mol. The van der Waals surface area contributed by atoms with Crippen molar-refractivity contribution in [3.05, 3.63) is 22.8 Å². The van der Waals surface area contributed by atoms with Crippen molar-refractivity contribution >= 4 is 11.8 Å². The minimum absolute atomic E-state index is 0.0108. The zero-order valence-electron chi connectivity index (χ0n) is 17.5. The Hall–Kier alpha value is -2.02. The second kappa shape index (κ2) is 8.99. The lowest BCUT2D eigenvalue weighted by Crippen LogP contribution is -2.42. The van der Waals surface area contributed by atoms with Crippen LogP contribution in [0.15, 0.2) is 0 Å². The molecule has 0 bridgehead atoms. The highest BCUT2D eigenvalue weighted by Crippen LogP contribution is 2.27. The lowest BCUT2D eigenvalue weighted by atomic mass is 9.95. The second-order valence-corrected chi connectivity index (χ2v) is 8.18. The third kappa shape index (κ3) is 4.69. The fraction of sp³-hybridized carbons (Fsp3) is 0.714.